The first-order chi connectivity index (χ1) is 12.1. The van der Waals surface area contributed by atoms with Gasteiger partial charge in [0.1, 0.15) is 11.3 Å². The lowest BCUT2D eigenvalue weighted by Gasteiger charge is -2.20. The number of carboxylic acid groups (broad SMARTS) is 1. The van der Waals surface area contributed by atoms with E-state index in [9.17, 15) is 14.7 Å². The third kappa shape index (κ3) is 2.78. The second-order valence-corrected chi connectivity index (χ2v) is 6.09. The summed E-state index contributed by atoms with van der Waals surface area (Å²) in [5.41, 5.74) is 2.35. The van der Waals surface area contributed by atoms with Crippen LogP contribution in [0.4, 0.5) is 0 Å². The van der Waals surface area contributed by atoms with Crippen LogP contribution in [-0.2, 0) is 17.6 Å². The number of ether oxygens (including phenoxy) is 1. The SMILES string of the molecule is O=C([O-])[C@@H](Oc1ccc2c3c(c(=O)oc2c1)CCC3)c1ccccc1. The molecule has 3 aromatic rings. The van der Waals surface area contributed by atoms with Gasteiger partial charge in [-0.25, -0.2) is 4.79 Å². The number of fused-ring (bicyclic) bond motifs is 3. The molecule has 25 heavy (non-hydrogen) atoms. The summed E-state index contributed by atoms with van der Waals surface area (Å²) >= 11 is 0. The van der Waals surface area contributed by atoms with Gasteiger partial charge in [0.2, 0.25) is 0 Å². The molecule has 1 aliphatic rings. The lowest BCUT2D eigenvalue weighted by molar-refractivity contribution is -0.314. The number of carbonyl (C=O) groups excluding carboxylic acids is 1. The average Bonchev–Trinajstić information content (AvgIpc) is 3.10. The van der Waals surface area contributed by atoms with E-state index < -0.39 is 12.1 Å². The van der Waals surface area contributed by atoms with Gasteiger partial charge in [-0.2, -0.15) is 0 Å². The summed E-state index contributed by atoms with van der Waals surface area (Å²) in [5.74, 6) is -1.02. The number of hydrogen-bond acceptors (Lipinski definition) is 5. The molecule has 4 rings (SSSR count). The second-order valence-electron chi connectivity index (χ2n) is 6.09. The van der Waals surface area contributed by atoms with Crippen LogP contribution in [0.2, 0.25) is 0 Å². The van der Waals surface area contributed by atoms with Crippen LogP contribution >= 0.6 is 0 Å². The Labute approximate surface area is 143 Å². The summed E-state index contributed by atoms with van der Waals surface area (Å²) in [6.45, 7) is 0. The van der Waals surface area contributed by atoms with E-state index >= 15 is 0 Å². The third-order valence-corrected chi connectivity index (χ3v) is 4.52. The van der Waals surface area contributed by atoms with E-state index in [4.69, 9.17) is 9.15 Å². The average molecular weight is 335 g/mol. The van der Waals surface area contributed by atoms with Gasteiger partial charge in [0.25, 0.3) is 0 Å². The number of aliphatic carboxylic acids is 1. The Balaban J connectivity index is 1.73. The van der Waals surface area contributed by atoms with Crippen LogP contribution in [0, 0.1) is 0 Å². The Kier molecular flexibility index (Phi) is 3.76. The van der Waals surface area contributed by atoms with Crippen molar-refractivity contribution >= 4 is 16.9 Å². The zero-order valence-corrected chi connectivity index (χ0v) is 13.4. The molecule has 5 heteroatoms. The molecule has 1 aliphatic carbocycles. The Bertz CT molecular complexity index is 1000. The van der Waals surface area contributed by atoms with Crippen LogP contribution in [0.25, 0.3) is 11.0 Å². The van der Waals surface area contributed by atoms with Crippen LogP contribution in [0.15, 0.2) is 57.7 Å². The second kappa shape index (κ2) is 6.09. The predicted octanol–water partition coefficient (Wildman–Crippen LogP) is 2.15. The number of aryl methyl sites for hydroxylation is 1. The van der Waals surface area contributed by atoms with Gasteiger partial charge >= 0.3 is 5.63 Å². The van der Waals surface area contributed by atoms with E-state index in [1.807, 2.05) is 6.07 Å². The molecule has 1 heterocycles. The molecule has 0 radical (unpaired) electrons. The molecule has 1 aromatic heterocycles. The molecule has 0 aliphatic heterocycles. The van der Waals surface area contributed by atoms with Crippen molar-refractivity contribution in [1.29, 1.82) is 0 Å². The first-order valence-corrected chi connectivity index (χ1v) is 8.14. The van der Waals surface area contributed by atoms with Crippen LogP contribution in [0.5, 0.6) is 5.75 Å². The quantitative estimate of drug-likeness (QED) is 0.683. The fourth-order valence-electron chi connectivity index (χ4n) is 3.35. The highest BCUT2D eigenvalue weighted by Gasteiger charge is 2.20. The summed E-state index contributed by atoms with van der Waals surface area (Å²) < 4.78 is 11.0. The van der Waals surface area contributed by atoms with E-state index in [2.05, 4.69) is 0 Å². The van der Waals surface area contributed by atoms with Crippen molar-refractivity contribution in [2.45, 2.75) is 25.4 Å². The van der Waals surface area contributed by atoms with Crippen molar-refractivity contribution in [2.75, 3.05) is 0 Å². The minimum atomic E-state index is -1.33. The van der Waals surface area contributed by atoms with Gasteiger partial charge < -0.3 is 19.1 Å². The van der Waals surface area contributed by atoms with E-state index in [1.54, 1.807) is 42.5 Å². The molecule has 1 atom stereocenters. The molecule has 0 N–H and O–H groups in total. The molecule has 0 fully saturated rings. The van der Waals surface area contributed by atoms with E-state index in [-0.39, 0.29) is 5.63 Å². The molecule has 5 nitrogen and oxygen atoms in total. The molecule has 0 unspecified atom stereocenters. The highest BCUT2D eigenvalue weighted by atomic mass is 16.5. The number of hydrogen-bond donors (Lipinski definition) is 0. The van der Waals surface area contributed by atoms with E-state index in [0.717, 1.165) is 35.8 Å². The standard InChI is InChI=1S/C20H16O5/c21-19(22)18(12-5-2-1-3-6-12)24-13-9-10-15-14-7-4-8-16(14)20(23)25-17(15)11-13/h1-3,5-6,9-11,18H,4,7-8H2,(H,21,22)/p-1/t18-/m0/s1. The molecular formula is C20H15O5-. The van der Waals surface area contributed by atoms with Gasteiger partial charge in [0.05, 0.1) is 5.97 Å². The van der Waals surface area contributed by atoms with Crippen molar-refractivity contribution in [3.05, 3.63) is 75.6 Å². The fraction of sp³-hybridized carbons (Fsp3) is 0.200. The van der Waals surface area contributed by atoms with Gasteiger partial charge in [0.15, 0.2) is 6.10 Å². The topological polar surface area (TPSA) is 79.6 Å². The van der Waals surface area contributed by atoms with Crippen LogP contribution in [0.1, 0.15) is 29.2 Å². The van der Waals surface area contributed by atoms with E-state index in [1.165, 1.54) is 0 Å². The summed E-state index contributed by atoms with van der Waals surface area (Å²) in [7, 11) is 0. The summed E-state index contributed by atoms with van der Waals surface area (Å²) in [6, 6.07) is 13.7. The molecule has 126 valence electrons. The predicted molar refractivity (Wildman–Crippen MR) is 89.3 cm³/mol. The van der Waals surface area contributed by atoms with Crippen molar-refractivity contribution in [2.24, 2.45) is 0 Å². The monoisotopic (exact) mass is 335 g/mol. The molecular weight excluding hydrogens is 320 g/mol. The van der Waals surface area contributed by atoms with Crippen LogP contribution in [0.3, 0.4) is 0 Å². The number of rotatable bonds is 4. The zero-order chi connectivity index (χ0) is 17.4. The molecule has 0 saturated heterocycles. The van der Waals surface area contributed by atoms with Crippen molar-refractivity contribution in [3.8, 4) is 5.75 Å². The highest BCUT2D eigenvalue weighted by Crippen LogP contribution is 2.31. The normalized spacial score (nSPS) is 14.2. The molecule has 0 saturated carbocycles. The third-order valence-electron chi connectivity index (χ3n) is 4.52. The first kappa shape index (κ1) is 15.4. The highest BCUT2D eigenvalue weighted by molar-refractivity contribution is 5.83. The Morgan fingerprint density at radius 1 is 1.08 bits per heavy atom. The van der Waals surface area contributed by atoms with Gasteiger partial charge in [-0.05, 0) is 42.5 Å². The van der Waals surface area contributed by atoms with Crippen LogP contribution in [-0.4, -0.2) is 5.97 Å². The number of carboxylic acids is 1. The fourth-order valence-corrected chi connectivity index (χ4v) is 3.35. The largest absolute Gasteiger partial charge is 0.546 e. The van der Waals surface area contributed by atoms with Crippen molar-refractivity contribution in [3.63, 3.8) is 0 Å². The maximum absolute atomic E-state index is 12.1. The minimum absolute atomic E-state index is 0.312. The van der Waals surface area contributed by atoms with E-state index in [0.29, 0.717) is 16.9 Å². The maximum atomic E-state index is 12.1. The Hall–Kier alpha value is -3.08. The molecule has 0 bridgehead atoms. The van der Waals surface area contributed by atoms with Gasteiger partial charge in [-0.1, -0.05) is 30.3 Å². The summed E-state index contributed by atoms with van der Waals surface area (Å²) in [6.07, 6.45) is 1.30. The number of benzene rings is 2. The maximum Gasteiger partial charge on any atom is 0.339 e. The number of carbonyl (C=O) groups is 1. The molecule has 0 amide bonds. The zero-order valence-electron chi connectivity index (χ0n) is 13.4. The Morgan fingerprint density at radius 3 is 2.60 bits per heavy atom. The molecule has 2 aromatic carbocycles. The lowest BCUT2D eigenvalue weighted by atomic mass is 10.1. The first-order valence-electron chi connectivity index (χ1n) is 8.14. The minimum Gasteiger partial charge on any atom is -0.546 e. The van der Waals surface area contributed by atoms with Crippen molar-refractivity contribution in [1.82, 2.24) is 0 Å². The van der Waals surface area contributed by atoms with Gasteiger partial charge in [-0.15, -0.1) is 0 Å². The summed E-state index contributed by atoms with van der Waals surface area (Å²) in [4.78, 5) is 23.5. The van der Waals surface area contributed by atoms with Crippen molar-refractivity contribution < 1.29 is 19.1 Å². The smallest absolute Gasteiger partial charge is 0.339 e. The van der Waals surface area contributed by atoms with Gasteiger partial charge in [0, 0.05) is 17.0 Å². The van der Waals surface area contributed by atoms with Crippen LogP contribution < -0.4 is 15.5 Å². The summed E-state index contributed by atoms with van der Waals surface area (Å²) in [5, 5.41) is 12.3. The molecule has 0 spiro atoms. The lowest BCUT2D eigenvalue weighted by Crippen LogP contribution is -2.33. The Morgan fingerprint density at radius 2 is 1.84 bits per heavy atom. The van der Waals surface area contributed by atoms with Gasteiger partial charge in [-0.3, -0.25) is 0 Å².